The number of nitrogens with zero attached hydrogens (tertiary/aromatic N) is 4. The number of carbonyl (C=O) groups excluding carboxylic acids is 2. The molecule has 0 radical (unpaired) electrons. The second-order valence-corrected chi connectivity index (χ2v) is 9.09. The van der Waals surface area contributed by atoms with Crippen LogP contribution in [0.3, 0.4) is 0 Å². The summed E-state index contributed by atoms with van der Waals surface area (Å²) in [7, 11) is 1.61. The van der Waals surface area contributed by atoms with Crippen LogP contribution in [0.2, 0.25) is 0 Å². The average molecular weight is 472 g/mol. The maximum atomic E-state index is 12.9. The highest BCUT2D eigenvalue weighted by atomic mass is 16.5. The molecule has 2 saturated heterocycles. The molecule has 0 bridgehead atoms. The molecular weight excluding hydrogens is 442 g/mol. The third-order valence-corrected chi connectivity index (χ3v) is 6.88. The molecule has 0 saturated carbocycles. The van der Waals surface area contributed by atoms with Gasteiger partial charge in [-0.1, -0.05) is 18.2 Å². The van der Waals surface area contributed by atoms with E-state index in [9.17, 15) is 9.59 Å². The Balaban J connectivity index is 1.10. The molecule has 0 atom stereocenters. The molecule has 2 aromatic carbocycles. The van der Waals surface area contributed by atoms with Gasteiger partial charge in [0.15, 0.2) is 5.82 Å². The fourth-order valence-electron chi connectivity index (χ4n) is 4.73. The van der Waals surface area contributed by atoms with Crippen molar-refractivity contribution in [3.05, 3.63) is 78.0 Å². The van der Waals surface area contributed by atoms with Crippen molar-refractivity contribution < 1.29 is 14.3 Å². The highest BCUT2D eigenvalue weighted by Gasteiger charge is 2.33. The number of hydrogen-bond acceptors (Lipinski definition) is 6. The lowest BCUT2D eigenvalue weighted by atomic mass is 9.89. The number of nitrogens with one attached hydrogen (secondary N) is 1. The predicted molar refractivity (Wildman–Crippen MR) is 134 cm³/mol. The number of rotatable bonds is 6. The number of amides is 2. The molecule has 2 amide bonds. The maximum Gasteiger partial charge on any atom is 0.253 e. The molecule has 5 rings (SSSR count). The van der Waals surface area contributed by atoms with Crippen LogP contribution < -0.4 is 15.0 Å². The Bertz CT molecular complexity index is 1170. The molecule has 0 spiro atoms. The fraction of sp³-hybridized carbons (Fsp3) is 0.333. The quantitative estimate of drug-likeness (QED) is 0.591. The summed E-state index contributed by atoms with van der Waals surface area (Å²) in [4.78, 5) is 29.4. The summed E-state index contributed by atoms with van der Waals surface area (Å²) >= 11 is 0. The topological polar surface area (TPSA) is 87.7 Å². The van der Waals surface area contributed by atoms with Gasteiger partial charge in [0.05, 0.1) is 13.0 Å². The van der Waals surface area contributed by atoms with Crippen LogP contribution in [0.15, 0.2) is 66.9 Å². The van der Waals surface area contributed by atoms with E-state index in [4.69, 9.17) is 4.74 Å². The van der Waals surface area contributed by atoms with Crippen molar-refractivity contribution in [1.82, 2.24) is 15.1 Å². The molecule has 1 N–H and O–H groups in total. The summed E-state index contributed by atoms with van der Waals surface area (Å²) in [5.41, 5.74) is 2.71. The minimum atomic E-state index is -0.0527. The molecule has 180 valence electrons. The Morgan fingerprint density at radius 2 is 1.77 bits per heavy atom. The maximum absolute atomic E-state index is 12.9. The summed E-state index contributed by atoms with van der Waals surface area (Å²) in [6.07, 6.45) is 3.48. The van der Waals surface area contributed by atoms with Crippen LogP contribution in [0, 0.1) is 5.92 Å². The van der Waals surface area contributed by atoms with Crippen LogP contribution in [0.5, 0.6) is 5.75 Å². The van der Waals surface area contributed by atoms with Crippen molar-refractivity contribution in [2.75, 3.05) is 43.5 Å². The molecule has 35 heavy (non-hydrogen) atoms. The molecule has 8 nitrogen and oxygen atoms in total. The van der Waals surface area contributed by atoms with Gasteiger partial charge >= 0.3 is 0 Å². The molecule has 0 aliphatic carbocycles. The summed E-state index contributed by atoms with van der Waals surface area (Å²) < 4.78 is 5.24. The molecule has 3 aromatic rings. The van der Waals surface area contributed by atoms with Crippen LogP contribution in [0.4, 0.5) is 11.5 Å². The highest BCUT2D eigenvalue weighted by molar-refractivity contribution is 5.95. The minimum absolute atomic E-state index is 0.0299. The third kappa shape index (κ3) is 5.11. The van der Waals surface area contributed by atoms with Gasteiger partial charge in [-0.3, -0.25) is 9.59 Å². The van der Waals surface area contributed by atoms with Crippen LogP contribution in [-0.4, -0.2) is 60.2 Å². The van der Waals surface area contributed by atoms with Crippen LogP contribution >= 0.6 is 0 Å². The van der Waals surface area contributed by atoms with E-state index >= 15 is 0 Å². The van der Waals surface area contributed by atoms with Gasteiger partial charge in [-0.25, -0.2) is 0 Å². The van der Waals surface area contributed by atoms with Gasteiger partial charge in [0.25, 0.3) is 5.91 Å². The van der Waals surface area contributed by atoms with Crippen molar-refractivity contribution in [2.45, 2.75) is 18.8 Å². The van der Waals surface area contributed by atoms with E-state index in [1.807, 2.05) is 52.3 Å². The van der Waals surface area contributed by atoms with Gasteiger partial charge in [-0.05, 0) is 66.8 Å². The number of aromatic nitrogens is 2. The molecule has 2 aliphatic heterocycles. The second-order valence-electron chi connectivity index (χ2n) is 9.09. The molecule has 1 aromatic heterocycles. The lowest BCUT2D eigenvalue weighted by Crippen LogP contribution is -2.52. The number of methoxy groups -OCH3 is 1. The lowest BCUT2D eigenvalue weighted by Gasteiger charge is -2.38. The molecule has 0 unspecified atom stereocenters. The number of piperidine rings is 1. The van der Waals surface area contributed by atoms with E-state index in [0.717, 1.165) is 37.4 Å². The zero-order valence-corrected chi connectivity index (χ0v) is 19.8. The zero-order valence-electron chi connectivity index (χ0n) is 19.8. The smallest absolute Gasteiger partial charge is 0.253 e. The first kappa shape index (κ1) is 22.8. The van der Waals surface area contributed by atoms with Crippen molar-refractivity contribution in [2.24, 2.45) is 5.92 Å². The normalized spacial score (nSPS) is 16.5. The summed E-state index contributed by atoms with van der Waals surface area (Å²) in [6.45, 7) is 2.75. The van der Waals surface area contributed by atoms with Gasteiger partial charge in [-0.2, -0.15) is 5.10 Å². The Kier molecular flexibility index (Phi) is 6.61. The molecule has 8 heteroatoms. The largest absolute Gasteiger partial charge is 0.497 e. The summed E-state index contributed by atoms with van der Waals surface area (Å²) in [5, 5.41) is 11.0. The van der Waals surface area contributed by atoms with Crippen LogP contribution in [-0.2, 0) is 4.79 Å². The van der Waals surface area contributed by atoms with Gasteiger partial charge in [-0.15, -0.1) is 5.10 Å². The number of anilines is 2. The van der Waals surface area contributed by atoms with Gasteiger partial charge < -0.3 is 19.9 Å². The molecular formula is C27H29N5O3. The zero-order chi connectivity index (χ0) is 24.2. The molecule has 3 heterocycles. The van der Waals surface area contributed by atoms with Crippen LogP contribution in [0.25, 0.3) is 0 Å². The minimum Gasteiger partial charge on any atom is -0.497 e. The second kappa shape index (κ2) is 10.1. The Hall–Kier alpha value is -3.94. The number of carbonyl (C=O) groups is 2. The van der Waals surface area contributed by atoms with Gasteiger partial charge in [0, 0.05) is 43.6 Å². The van der Waals surface area contributed by atoms with Crippen molar-refractivity contribution in [3.63, 3.8) is 0 Å². The molecule has 2 fully saturated rings. The predicted octanol–water partition coefficient (Wildman–Crippen LogP) is 3.58. The summed E-state index contributed by atoms with van der Waals surface area (Å²) in [6, 6.07) is 19.2. The Morgan fingerprint density at radius 1 is 1.00 bits per heavy atom. The number of ether oxygens (including phenoxy) is 1. The van der Waals surface area contributed by atoms with Crippen molar-refractivity contribution >= 4 is 23.3 Å². The average Bonchev–Trinajstić information content (AvgIpc) is 2.88. The highest BCUT2D eigenvalue weighted by Crippen LogP contribution is 2.30. The van der Waals surface area contributed by atoms with Gasteiger partial charge in [0.2, 0.25) is 5.91 Å². The first-order chi connectivity index (χ1) is 17.1. The lowest BCUT2D eigenvalue weighted by molar-refractivity contribution is -0.120. The van der Waals surface area contributed by atoms with E-state index in [1.165, 1.54) is 5.56 Å². The van der Waals surface area contributed by atoms with E-state index in [-0.39, 0.29) is 17.7 Å². The van der Waals surface area contributed by atoms with Gasteiger partial charge in [0.1, 0.15) is 5.75 Å². The number of likely N-dealkylation sites (tertiary alicyclic amines) is 1. The number of benzene rings is 2. The van der Waals surface area contributed by atoms with E-state index in [1.54, 1.807) is 19.4 Å². The van der Waals surface area contributed by atoms with Crippen molar-refractivity contribution in [1.29, 1.82) is 0 Å². The SMILES string of the molecule is COc1cccc(C(=O)N2CCC(c3ccc(NC(=O)C4CN(c5cccnn5)C4)cc3)CC2)c1. The first-order valence-electron chi connectivity index (χ1n) is 12.0. The standard InChI is InChI=1S/C27H29N5O3/c1-35-24-5-2-4-21(16-24)27(34)31-14-11-20(12-15-31)19-7-9-23(10-8-19)29-26(33)22-17-32(18-22)25-6-3-13-28-30-25/h2-10,13,16,20,22H,11-12,14-15,17-18H2,1H3,(H,29,33). The van der Waals surface area contributed by atoms with E-state index in [2.05, 4.69) is 27.6 Å². The summed E-state index contributed by atoms with van der Waals surface area (Å²) in [5.74, 6) is 1.93. The first-order valence-corrected chi connectivity index (χ1v) is 12.0. The van der Waals surface area contributed by atoms with Crippen molar-refractivity contribution in [3.8, 4) is 5.75 Å². The molecule has 2 aliphatic rings. The van der Waals surface area contributed by atoms with E-state index < -0.39 is 0 Å². The third-order valence-electron chi connectivity index (χ3n) is 6.88. The monoisotopic (exact) mass is 471 g/mol. The number of hydrogen-bond donors (Lipinski definition) is 1. The van der Waals surface area contributed by atoms with E-state index in [0.29, 0.717) is 30.3 Å². The fourth-order valence-corrected chi connectivity index (χ4v) is 4.73. The van der Waals surface area contributed by atoms with Crippen LogP contribution in [0.1, 0.15) is 34.7 Å². The Morgan fingerprint density at radius 3 is 2.46 bits per heavy atom. The Labute approximate surface area is 204 Å².